The van der Waals surface area contributed by atoms with E-state index in [0.29, 0.717) is 11.3 Å². The van der Waals surface area contributed by atoms with Gasteiger partial charge in [-0.15, -0.1) is 0 Å². The standard InChI is InChI=1S/C24H26N7O8P/c25-15-7-5-14(6-8-15)13-3-1-12(2-4-13)9-18(33)27-24-28-20-21(29-23(26)30-22(20)34)31(24)19-10-16(17(11-32)38-19)39-40(35,36)37/h1-8,16-17,19,32H,9-11,25H2,(H,27,28,33)(H2,35,36,37)(H3,26,29,30,34)/t16-,17+,19+/m0/s1. The molecule has 5 rings (SSSR count). The fourth-order valence-corrected chi connectivity index (χ4v) is 5.09. The summed E-state index contributed by atoms with van der Waals surface area (Å²) < 4.78 is 23.2. The molecule has 1 saturated heterocycles. The number of aliphatic hydroxyl groups excluding tert-OH is 1. The van der Waals surface area contributed by atoms with Crippen molar-refractivity contribution in [3.63, 3.8) is 0 Å². The monoisotopic (exact) mass is 571 g/mol. The van der Waals surface area contributed by atoms with E-state index in [9.17, 15) is 29.0 Å². The van der Waals surface area contributed by atoms with Crippen LogP contribution in [0.25, 0.3) is 22.3 Å². The van der Waals surface area contributed by atoms with Crippen LogP contribution in [-0.4, -0.2) is 59.1 Å². The number of carbonyl (C=O) groups excluding carboxylic acids is 1. The van der Waals surface area contributed by atoms with Crippen LogP contribution in [0, 0.1) is 0 Å². The van der Waals surface area contributed by atoms with Crippen molar-refractivity contribution < 1.29 is 33.5 Å². The topological polar surface area (TPSA) is 241 Å². The summed E-state index contributed by atoms with van der Waals surface area (Å²) in [6, 6.07) is 14.7. The summed E-state index contributed by atoms with van der Waals surface area (Å²) in [7, 11) is -4.91. The van der Waals surface area contributed by atoms with Crippen molar-refractivity contribution in [2.24, 2.45) is 0 Å². The number of rotatable bonds is 8. The number of nitrogens with zero attached hydrogens (tertiary/aromatic N) is 3. The van der Waals surface area contributed by atoms with Gasteiger partial charge in [0.25, 0.3) is 5.56 Å². The Morgan fingerprint density at radius 1 is 1.12 bits per heavy atom. The number of amides is 1. The summed E-state index contributed by atoms with van der Waals surface area (Å²) in [5.74, 6) is -0.807. The van der Waals surface area contributed by atoms with E-state index in [2.05, 4.69) is 20.3 Å². The molecule has 2 aromatic heterocycles. The second-order valence-electron chi connectivity index (χ2n) is 9.15. The second-order valence-corrected chi connectivity index (χ2v) is 10.3. The zero-order valence-electron chi connectivity index (χ0n) is 20.8. The van der Waals surface area contributed by atoms with E-state index in [4.69, 9.17) is 20.7 Å². The van der Waals surface area contributed by atoms with Crippen LogP contribution in [0.5, 0.6) is 0 Å². The van der Waals surface area contributed by atoms with Gasteiger partial charge in [-0.3, -0.25) is 29.0 Å². The average molecular weight is 571 g/mol. The largest absolute Gasteiger partial charge is 0.469 e. The number of nitrogens with two attached hydrogens (primary N) is 2. The molecule has 0 unspecified atom stereocenters. The first-order chi connectivity index (χ1) is 19.0. The van der Waals surface area contributed by atoms with E-state index in [0.717, 1.165) is 11.1 Å². The van der Waals surface area contributed by atoms with Crippen LogP contribution in [0.15, 0.2) is 53.3 Å². The Morgan fingerprint density at radius 2 is 1.77 bits per heavy atom. The third-order valence-electron chi connectivity index (χ3n) is 6.30. The number of aliphatic hydroxyl groups is 1. The van der Waals surface area contributed by atoms with Gasteiger partial charge < -0.3 is 31.1 Å². The number of fused-ring (bicyclic) bond motifs is 1. The van der Waals surface area contributed by atoms with E-state index >= 15 is 0 Å². The second kappa shape index (κ2) is 10.8. The van der Waals surface area contributed by atoms with Gasteiger partial charge >= 0.3 is 7.82 Å². The summed E-state index contributed by atoms with van der Waals surface area (Å²) in [4.78, 5) is 54.7. The quantitative estimate of drug-likeness (QED) is 0.115. The fraction of sp³-hybridized carbons (Fsp3) is 0.250. The van der Waals surface area contributed by atoms with E-state index < -0.39 is 44.3 Å². The molecule has 16 heteroatoms. The Labute approximate surface area is 226 Å². The van der Waals surface area contributed by atoms with E-state index in [1.54, 1.807) is 24.3 Å². The number of phosphoric ester groups is 1. The minimum atomic E-state index is -4.91. The van der Waals surface area contributed by atoms with Crippen LogP contribution in [0.1, 0.15) is 18.2 Å². The van der Waals surface area contributed by atoms with Crippen LogP contribution < -0.4 is 22.3 Å². The van der Waals surface area contributed by atoms with Gasteiger partial charge in [-0.05, 0) is 28.8 Å². The first kappa shape index (κ1) is 27.5. The number of imidazole rings is 1. The highest BCUT2D eigenvalue weighted by molar-refractivity contribution is 7.46. The molecule has 40 heavy (non-hydrogen) atoms. The van der Waals surface area contributed by atoms with Gasteiger partial charge in [0.1, 0.15) is 18.4 Å². The van der Waals surface area contributed by atoms with Crippen LogP contribution in [0.4, 0.5) is 17.6 Å². The van der Waals surface area contributed by atoms with Gasteiger partial charge in [0.05, 0.1) is 13.0 Å². The Bertz CT molecular complexity index is 1650. The zero-order chi connectivity index (χ0) is 28.6. The Hall–Kier alpha value is -4.11. The molecule has 1 fully saturated rings. The molecule has 210 valence electrons. The maximum Gasteiger partial charge on any atom is 0.469 e. The SMILES string of the molecule is Nc1ccc(-c2ccc(CC(=O)Nc3nc4c(=O)[nH]c(N)nc4n3[C@H]3C[C@H](OP(=O)(O)O)[C@@H](CO)O3)cc2)cc1. The number of ether oxygens (including phenoxy) is 1. The number of nitrogens with one attached hydrogen (secondary N) is 2. The molecule has 0 aliphatic carbocycles. The van der Waals surface area contributed by atoms with Gasteiger partial charge in [-0.2, -0.15) is 4.98 Å². The molecule has 4 aromatic rings. The number of hydrogen-bond donors (Lipinski definition) is 7. The number of anilines is 3. The summed E-state index contributed by atoms with van der Waals surface area (Å²) >= 11 is 0. The van der Waals surface area contributed by atoms with Crippen molar-refractivity contribution in [1.82, 2.24) is 19.5 Å². The number of H-pyrrole nitrogens is 1. The molecule has 0 radical (unpaired) electrons. The molecule has 2 aromatic carbocycles. The highest BCUT2D eigenvalue weighted by Crippen LogP contribution is 2.44. The smallest absolute Gasteiger partial charge is 0.399 e. The lowest BCUT2D eigenvalue weighted by molar-refractivity contribution is -0.115. The molecule has 3 atom stereocenters. The first-order valence-corrected chi connectivity index (χ1v) is 13.6. The van der Waals surface area contributed by atoms with E-state index in [-0.39, 0.29) is 35.9 Å². The molecule has 3 heterocycles. The van der Waals surface area contributed by atoms with Gasteiger partial charge in [0.15, 0.2) is 11.2 Å². The number of aromatic nitrogens is 4. The Morgan fingerprint density at radius 3 is 2.40 bits per heavy atom. The molecule has 1 aliphatic heterocycles. The number of nitrogen functional groups attached to an aromatic ring is 2. The highest BCUT2D eigenvalue weighted by Gasteiger charge is 2.42. The van der Waals surface area contributed by atoms with Gasteiger partial charge in [-0.25, -0.2) is 9.55 Å². The first-order valence-electron chi connectivity index (χ1n) is 12.0. The minimum Gasteiger partial charge on any atom is -0.399 e. The predicted molar refractivity (Wildman–Crippen MR) is 144 cm³/mol. The molecule has 0 spiro atoms. The van der Waals surface area contributed by atoms with Crippen molar-refractivity contribution in [3.05, 3.63) is 64.4 Å². The maximum atomic E-state index is 13.0. The van der Waals surface area contributed by atoms with Gasteiger partial charge in [-0.1, -0.05) is 36.4 Å². The van der Waals surface area contributed by atoms with Crippen molar-refractivity contribution in [3.8, 4) is 11.1 Å². The Balaban J connectivity index is 1.41. The third-order valence-corrected chi connectivity index (χ3v) is 6.85. The normalized spacial score (nSPS) is 19.2. The van der Waals surface area contributed by atoms with Crippen molar-refractivity contribution in [2.45, 2.75) is 31.3 Å². The van der Waals surface area contributed by atoms with E-state index in [1.807, 2.05) is 24.3 Å². The number of phosphoric acid groups is 1. The van der Waals surface area contributed by atoms with Gasteiger partial charge in [0.2, 0.25) is 17.8 Å². The number of aromatic amines is 1. The van der Waals surface area contributed by atoms with Crippen molar-refractivity contribution in [2.75, 3.05) is 23.4 Å². The molecule has 9 N–H and O–H groups in total. The lowest BCUT2D eigenvalue weighted by atomic mass is 10.0. The predicted octanol–water partition coefficient (Wildman–Crippen LogP) is 0.890. The minimum absolute atomic E-state index is 0.0358. The zero-order valence-corrected chi connectivity index (χ0v) is 21.7. The summed E-state index contributed by atoms with van der Waals surface area (Å²) in [6.45, 7) is -0.613. The van der Waals surface area contributed by atoms with Gasteiger partial charge in [0, 0.05) is 12.1 Å². The number of carbonyl (C=O) groups is 1. The van der Waals surface area contributed by atoms with E-state index in [1.165, 1.54) is 4.57 Å². The lowest BCUT2D eigenvalue weighted by Gasteiger charge is -2.17. The average Bonchev–Trinajstić information content (AvgIpc) is 3.44. The lowest BCUT2D eigenvalue weighted by Crippen LogP contribution is -2.27. The molecular formula is C24H26N7O8P. The van der Waals surface area contributed by atoms with Crippen LogP contribution in [-0.2, 0) is 25.0 Å². The molecule has 1 amide bonds. The molecule has 1 aliphatic rings. The number of benzene rings is 2. The molecule has 0 bridgehead atoms. The summed E-state index contributed by atoms with van der Waals surface area (Å²) in [5, 5.41) is 12.3. The Kier molecular flexibility index (Phi) is 7.42. The molecular weight excluding hydrogens is 545 g/mol. The summed E-state index contributed by atoms with van der Waals surface area (Å²) in [6.07, 6.45) is -3.58. The molecule has 15 nitrogen and oxygen atoms in total. The van der Waals surface area contributed by atoms with Crippen LogP contribution in [0.3, 0.4) is 0 Å². The number of hydrogen-bond acceptors (Lipinski definition) is 10. The molecule has 0 saturated carbocycles. The van der Waals surface area contributed by atoms with Crippen molar-refractivity contribution >= 4 is 42.5 Å². The van der Waals surface area contributed by atoms with Crippen molar-refractivity contribution in [1.29, 1.82) is 0 Å². The van der Waals surface area contributed by atoms with Crippen LogP contribution >= 0.6 is 7.82 Å². The fourth-order valence-electron chi connectivity index (χ4n) is 4.52. The van der Waals surface area contributed by atoms with Crippen LogP contribution in [0.2, 0.25) is 0 Å². The highest BCUT2D eigenvalue weighted by atomic mass is 31.2. The summed E-state index contributed by atoms with van der Waals surface area (Å²) in [5.41, 5.74) is 13.9. The maximum absolute atomic E-state index is 13.0. The third kappa shape index (κ3) is 5.89.